The van der Waals surface area contributed by atoms with E-state index in [1.165, 1.54) is 12.0 Å². The largest absolute Gasteiger partial charge is 0.507 e. The normalized spacial score (nSPS) is 17.7. The first-order chi connectivity index (χ1) is 16.5. The van der Waals surface area contributed by atoms with Crippen LogP contribution in [0, 0.1) is 5.92 Å². The van der Waals surface area contributed by atoms with Crippen LogP contribution in [-0.2, 0) is 15.9 Å². The standard InChI is InChI=1S/C27H41N3O4/c1-5-6-7-8-22-18-25(31)27(24-17-21(4)9-10-23(24)20(2)3)26(19-22)34-16-15-33-14-13-32-12-11-29-30-28/h17-19,23-24,31H,2,5-16H2,1,3-4H3. The topological polar surface area (TPSA) is 96.7 Å². The highest BCUT2D eigenvalue weighted by molar-refractivity contribution is 5.52. The maximum atomic E-state index is 11.1. The summed E-state index contributed by atoms with van der Waals surface area (Å²) in [7, 11) is 0. The number of phenols is 1. The van der Waals surface area contributed by atoms with Gasteiger partial charge in [0.1, 0.15) is 18.1 Å². The van der Waals surface area contributed by atoms with Crippen LogP contribution >= 0.6 is 0 Å². The van der Waals surface area contributed by atoms with Gasteiger partial charge in [-0.3, -0.25) is 0 Å². The summed E-state index contributed by atoms with van der Waals surface area (Å²) in [5.41, 5.74) is 12.7. The average molecular weight is 472 g/mol. The second kappa shape index (κ2) is 15.4. The maximum absolute atomic E-state index is 11.1. The van der Waals surface area contributed by atoms with Crippen molar-refractivity contribution < 1.29 is 19.3 Å². The Kier molecular flexibility index (Phi) is 12.6. The van der Waals surface area contributed by atoms with Crippen LogP contribution in [-0.4, -0.2) is 44.7 Å². The molecule has 2 unspecified atom stereocenters. The van der Waals surface area contributed by atoms with Crippen molar-refractivity contribution in [3.05, 3.63) is 57.5 Å². The molecule has 34 heavy (non-hydrogen) atoms. The van der Waals surface area contributed by atoms with Crippen LogP contribution in [0.1, 0.15) is 69.9 Å². The van der Waals surface area contributed by atoms with Gasteiger partial charge in [-0.05, 0) is 68.7 Å². The molecule has 0 aromatic heterocycles. The minimum Gasteiger partial charge on any atom is -0.507 e. The molecule has 188 valence electrons. The number of ether oxygens (including phenoxy) is 3. The number of azide groups is 1. The van der Waals surface area contributed by atoms with Crippen molar-refractivity contribution in [2.75, 3.05) is 39.6 Å². The Bertz CT molecular complexity index is 862. The second-order valence-corrected chi connectivity index (χ2v) is 9.04. The Morgan fingerprint density at radius 1 is 1.18 bits per heavy atom. The number of allylic oxidation sites excluding steroid dienone is 3. The lowest BCUT2D eigenvalue weighted by Gasteiger charge is -2.32. The molecule has 1 aliphatic rings. The van der Waals surface area contributed by atoms with Gasteiger partial charge >= 0.3 is 0 Å². The molecule has 7 heteroatoms. The van der Waals surface area contributed by atoms with E-state index in [2.05, 4.69) is 49.5 Å². The number of nitrogens with zero attached hydrogens (tertiary/aromatic N) is 3. The molecular formula is C27H41N3O4. The molecule has 2 atom stereocenters. The van der Waals surface area contributed by atoms with Gasteiger partial charge in [0.2, 0.25) is 0 Å². The van der Waals surface area contributed by atoms with Crippen LogP contribution < -0.4 is 4.74 Å². The minimum absolute atomic E-state index is 0.0522. The zero-order valence-electron chi connectivity index (χ0n) is 21.1. The Labute approximate surface area is 204 Å². The van der Waals surface area contributed by atoms with Crippen molar-refractivity contribution in [1.29, 1.82) is 0 Å². The number of hydrogen-bond acceptors (Lipinski definition) is 5. The summed E-state index contributed by atoms with van der Waals surface area (Å²) in [5.74, 6) is 1.38. The number of phenolic OH excluding ortho intramolecular Hbond substituents is 1. The quantitative estimate of drug-likeness (QED) is 0.0936. The van der Waals surface area contributed by atoms with Crippen molar-refractivity contribution in [3.63, 3.8) is 0 Å². The summed E-state index contributed by atoms with van der Waals surface area (Å²) in [4.78, 5) is 2.69. The first kappa shape index (κ1) is 27.8. The van der Waals surface area contributed by atoms with Crippen molar-refractivity contribution in [2.24, 2.45) is 11.0 Å². The monoisotopic (exact) mass is 471 g/mol. The molecule has 0 radical (unpaired) electrons. The van der Waals surface area contributed by atoms with Gasteiger partial charge in [-0.1, -0.05) is 48.7 Å². The predicted molar refractivity (Wildman–Crippen MR) is 137 cm³/mol. The zero-order chi connectivity index (χ0) is 24.8. The lowest BCUT2D eigenvalue weighted by molar-refractivity contribution is 0.0386. The van der Waals surface area contributed by atoms with Crippen molar-refractivity contribution in [3.8, 4) is 11.5 Å². The van der Waals surface area contributed by atoms with Gasteiger partial charge in [-0.25, -0.2) is 0 Å². The SMILES string of the molecule is C=C(C)C1CCC(C)=CC1c1c(O)cc(CCCCC)cc1OCCOCCOCCN=[N+]=[N-]. The van der Waals surface area contributed by atoms with Crippen LogP contribution in [0.4, 0.5) is 0 Å². The molecular weight excluding hydrogens is 430 g/mol. The molecule has 2 rings (SSSR count). The van der Waals surface area contributed by atoms with Crippen LogP contribution in [0.3, 0.4) is 0 Å². The third-order valence-corrected chi connectivity index (χ3v) is 6.22. The third kappa shape index (κ3) is 9.05. The lowest BCUT2D eigenvalue weighted by Crippen LogP contribution is -2.19. The van der Waals surface area contributed by atoms with E-state index in [1.807, 2.05) is 6.07 Å². The molecule has 0 saturated heterocycles. The van der Waals surface area contributed by atoms with Gasteiger partial charge in [0, 0.05) is 22.9 Å². The molecule has 0 fully saturated rings. The lowest BCUT2D eigenvalue weighted by atomic mass is 9.73. The highest BCUT2D eigenvalue weighted by atomic mass is 16.5. The van der Waals surface area contributed by atoms with Gasteiger partial charge in [0.05, 0.1) is 26.4 Å². The van der Waals surface area contributed by atoms with Crippen LogP contribution in [0.2, 0.25) is 0 Å². The summed E-state index contributed by atoms with van der Waals surface area (Å²) in [6, 6.07) is 4.01. The average Bonchev–Trinajstić information content (AvgIpc) is 2.80. The number of aryl methyl sites for hydroxylation is 1. The molecule has 0 heterocycles. The molecule has 0 saturated carbocycles. The Balaban J connectivity index is 2.08. The van der Waals surface area contributed by atoms with E-state index in [1.54, 1.807) is 0 Å². The molecule has 1 aliphatic carbocycles. The van der Waals surface area contributed by atoms with E-state index in [9.17, 15) is 5.11 Å². The van der Waals surface area contributed by atoms with E-state index in [0.717, 1.165) is 54.6 Å². The fourth-order valence-electron chi connectivity index (χ4n) is 4.43. The molecule has 0 aliphatic heterocycles. The third-order valence-electron chi connectivity index (χ3n) is 6.22. The van der Waals surface area contributed by atoms with E-state index in [4.69, 9.17) is 19.7 Å². The molecule has 1 aromatic rings. The maximum Gasteiger partial charge on any atom is 0.127 e. The number of unbranched alkanes of at least 4 members (excludes halogenated alkanes) is 2. The molecule has 7 nitrogen and oxygen atoms in total. The van der Waals surface area contributed by atoms with Gasteiger partial charge in [0.25, 0.3) is 0 Å². The fourth-order valence-corrected chi connectivity index (χ4v) is 4.43. The second-order valence-electron chi connectivity index (χ2n) is 9.04. The predicted octanol–water partition coefficient (Wildman–Crippen LogP) is 6.86. The van der Waals surface area contributed by atoms with Crippen molar-refractivity contribution in [1.82, 2.24) is 0 Å². The number of benzene rings is 1. The van der Waals surface area contributed by atoms with E-state index in [-0.39, 0.29) is 11.8 Å². The van der Waals surface area contributed by atoms with Gasteiger partial charge in [-0.15, -0.1) is 0 Å². The fraction of sp³-hybridized carbons (Fsp3) is 0.630. The Morgan fingerprint density at radius 2 is 1.91 bits per heavy atom. The van der Waals surface area contributed by atoms with Crippen LogP contribution in [0.15, 0.2) is 41.0 Å². The first-order valence-corrected chi connectivity index (χ1v) is 12.5. The minimum atomic E-state index is 0.0522. The summed E-state index contributed by atoms with van der Waals surface area (Å²) in [5, 5.41) is 14.5. The van der Waals surface area contributed by atoms with Crippen molar-refractivity contribution >= 4 is 0 Å². The summed E-state index contributed by atoms with van der Waals surface area (Å²) < 4.78 is 17.2. The van der Waals surface area contributed by atoms with E-state index < -0.39 is 0 Å². The van der Waals surface area contributed by atoms with E-state index >= 15 is 0 Å². The Hall–Kier alpha value is -2.47. The highest BCUT2D eigenvalue weighted by Crippen LogP contribution is 2.47. The van der Waals surface area contributed by atoms with Crippen LogP contribution in [0.5, 0.6) is 11.5 Å². The molecule has 0 amide bonds. The summed E-state index contributed by atoms with van der Waals surface area (Å²) in [6.45, 7) is 13.0. The number of rotatable bonds is 16. The first-order valence-electron chi connectivity index (χ1n) is 12.5. The molecule has 0 bridgehead atoms. The van der Waals surface area contributed by atoms with Gasteiger partial charge < -0.3 is 19.3 Å². The number of hydrogen-bond donors (Lipinski definition) is 1. The Morgan fingerprint density at radius 3 is 2.62 bits per heavy atom. The highest BCUT2D eigenvalue weighted by Gasteiger charge is 2.30. The molecule has 1 N–H and O–H groups in total. The van der Waals surface area contributed by atoms with E-state index in [0.29, 0.717) is 45.3 Å². The molecule has 1 aromatic carbocycles. The molecule has 0 spiro atoms. The summed E-state index contributed by atoms with van der Waals surface area (Å²) >= 11 is 0. The van der Waals surface area contributed by atoms with Gasteiger partial charge in [0.15, 0.2) is 0 Å². The van der Waals surface area contributed by atoms with Crippen LogP contribution in [0.25, 0.3) is 10.4 Å². The summed E-state index contributed by atoms with van der Waals surface area (Å²) in [6.07, 6.45) is 8.69. The van der Waals surface area contributed by atoms with Gasteiger partial charge in [-0.2, -0.15) is 0 Å². The zero-order valence-corrected chi connectivity index (χ0v) is 21.1. The van der Waals surface area contributed by atoms with Crippen molar-refractivity contribution in [2.45, 2.75) is 65.2 Å². The smallest absolute Gasteiger partial charge is 0.127 e. The number of aromatic hydroxyl groups is 1.